The van der Waals surface area contributed by atoms with E-state index in [2.05, 4.69) is 71.5 Å². The third kappa shape index (κ3) is 6.67. The van der Waals surface area contributed by atoms with Crippen molar-refractivity contribution in [3.63, 3.8) is 0 Å². The van der Waals surface area contributed by atoms with E-state index in [0.717, 1.165) is 50.3 Å². The van der Waals surface area contributed by atoms with E-state index in [-0.39, 0.29) is 0 Å². The highest BCUT2D eigenvalue weighted by atomic mass is 14.9. The molecule has 2 aromatic heterocycles. The summed E-state index contributed by atoms with van der Waals surface area (Å²) in [4.78, 5) is 8.65. The molecule has 3 rings (SSSR count). The highest BCUT2D eigenvalue weighted by molar-refractivity contribution is 5.89. The number of hydrogen-bond donors (Lipinski definition) is 2. The van der Waals surface area contributed by atoms with Crippen molar-refractivity contribution in [2.75, 3.05) is 17.7 Å². The van der Waals surface area contributed by atoms with Gasteiger partial charge in [-0.25, -0.2) is 0 Å². The van der Waals surface area contributed by atoms with Crippen LogP contribution in [0.1, 0.15) is 37.5 Å². The first kappa shape index (κ1) is 27.1. The van der Waals surface area contributed by atoms with E-state index < -0.39 is 0 Å². The molecule has 4 heteroatoms. The Kier molecular flexibility index (Phi) is 10.4. The van der Waals surface area contributed by atoms with Gasteiger partial charge in [0, 0.05) is 53.7 Å². The van der Waals surface area contributed by atoms with Crippen molar-refractivity contribution in [3.05, 3.63) is 122 Å². The molecule has 0 aliphatic carbocycles. The van der Waals surface area contributed by atoms with Gasteiger partial charge in [0.15, 0.2) is 0 Å². The molecule has 0 fully saturated rings. The van der Waals surface area contributed by atoms with E-state index in [9.17, 15) is 0 Å². The van der Waals surface area contributed by atoms with Gasteiger partial charge in [-0.2, -0.15) is 0 Å². The Bertz CT molecular complexity index is 1230. The minimum atomic E-state index is 0.709. The Morgan fingerprint density at radius 3 is 2.40 bits per heavy atom. The van der Waals surface area contributed by atoms with Crippen LogP contribution >= 0.6 is 0 Å². The Morgan fingerprint density at radius 1 is 1.00 bits per heavy atom. The van der Waals surface area contributed by atoms with Crippen molar-refractivity contribution in [2.24, 2.45) is 0 Å². The number of nitrogens with one attached hydrogen (secondary N) is 2. The third-order valence-corrected chi connectivity index (χ3v) is 5.51. The standard InChI is InChI=1S/C29H30N4.C2H6/c1-7-9-11-23(8-2)24-13-14-28(30-6)26(16-24)20(3)22(5)33-29-19-32-18-27(21(29)4)25-12-10-15-31-17-25;1-2/h7-19,30,33H,1,3,5H2,2,4,6H3;1-2H3/b11-9-,23-8+;. The van der Waals surface area contributed by atoms with Crippen molar-refractivity contribution in [1.29, 1.82) is 0 Å². The summed E-state index contributed by atoms with van der Waals surface area (Å²) in [6.45, 7) is 20.5. The van der Waals surface area contributed by atoms with Crippen LogP contribution < -0.4 is 10.6 Å². The molecule has 35 heavy (non-hydrogen) atoms. The Morgan fingerprint density at radius 2 is 1.77 bits per heavy atom. The zero-order valence-electron chi connectivity index (χ0n) is 21.5. The van der Waals surface area contributed by atoms with Crippen molar-refractivity contribution < 1.29 is 0 Å². The average Bonchev–Trinajstić information content (AvgIpc) is 2.91. The Labute approximate surface area is 210 Å². The first-order valence-electron chi connectivity index (χ1n) is 11.8. The van der Waals surface area contributed by atoms with Crippen LogP contribution in [0, 0.1) is 6.92 Å². The third-order valence-electron chi connectivity index (χ3n) is 5.51. The smallest absolute Gasteiger partial charge is 0.0606 e. The van der Waals surface area contributed by atoms with Gasteiger partial charge in [0.05, 0.1) is 11.9 Å². The average molecular weight is 465 g/mol. The van der Waals surface area contributed by atoms with Gasteiger partial charge < -0.3 is 10.6 Å². The number of hydrogen-bond acceptors (Lipinski definition) is 4. The van der Waals surface area contributed by atoms with Crippen LogP contribution in [0.2, 0.25) is 0 Å². The number of pyridine rings is 2. The molecule has 0 spiro atoms. The molecular weight excluding hydrogens is 428 g/mol. The number of anilines is 2. The molecule has 0 aliphatic heterocycles. The molecule has 0 saturated heterocycles. The van der Waals surface area contributed by atoms with Crippen LogP contribution in [0.25, 0.3) is 22.3 Å². The maximum absolute atomic E-state index is 4.42. The van der Waals surface area contributed by atoms with Gasteiger partial charge in [-0.05, 0) is 54.3 Å². The summed E-state index contributed by atoms with van der Waals surface area (Å²) in [6, 6.07) is 10.2. The number of allylic oxidation sites excluding steroid dienone is 6. The van der Waals surface area contributed by atoms with Gasteiger partial charge in [0.25, 0.3) is 0 Å². The zero-order chi connectivity index (χ0) is 25.8. The Hall–Kier alpha value is -4.18. The molecule has 180 valence electrons. The van der Waals surface area contributed by atoms with E-state index in [1.165, 1.54) is 0 Å². The lowest BCUT2D eigenvalue weighted by molar-refractivity contribution is 1.26. The second kappa shape index (κ2) is 13.5. The Balaban J connectivity index is 0.00000210. The first-order chi connectivity index (χ1) is 17.0. The lowest BCUT2D eigenvalue weighted by Crippen LogP contribution is -2.05. The van der Waals surface area contributed by atoms with Gasteiger partial charge in [0.2, 0.25) is 0 Å². The summed E-state index contributed by atoms with van der Waals surface area (Å²) < 4.78 is 0. The summed E-state index contributed by atoms with van der Waals surface area (Å²) in [5, 5.41) is 6.68. The van der Waals surface area contributed by atoms with Crippen LogP contribution in [0.15, 0.2) is 105 Å². The highest BCUT2D eigenvalue weighted by Crippen LogP contribution is 2.33. The topological polar surface area (TPSA) is 49.8 Å². The molecule has 0 unspecified atom stereocenters. The second-order valence-corrected chi connectivity index (χ2v) is 7.53. The molecule has 2 heterocycles. The number of rotatable bonds is 9. The SMILES string of the molecule is C=C/C=C\C(=C/C)c1ccc(NC)c(C(=C)C(=C)Nc2cncc(-c3cccnc3)c2C)c1.CC. The van der Waals surface area contributed by atoms with Crippen molar-refractivity contribution in [3.8, 4) is 11.1 Å². The minimum Gasteiger partial charge on any atom is -0.388 e. The van der Waals surface area contributed by atoms with E-state index in [0.29, 0.717) is 5.70 Å². The van der Waals surface area contributed by atoms with Gasteiger partial charge in [-0.15, -0.1) is 0 Å². The van der Waals surface area contributed by atoms with Crippen LogP contribution in [-0.4, -0.2) is 17.0 Å². The quantitative estimate of drug-likeness (QED) is 0.313. The lowest BCUT2D eigenvalue weighted by Gasteiger charge is -2.19. The summed E-state index contributed by atoms with van der Waals surface area (Å²) in [7, 11) is 1.90. The molecule has 1 aromatic carbocycles. The van der Waals surface area contributed by atoms with Gasteiger partial charge in [-0.1, -0.05) is 70.0 Å². The fourth-order valence-corrected chi connectivity index (χ4v) is 3.59. The van der Waals surface area contributed by atoms with Crippen molar-refractivity contribution >= 4 is 22.5 Å². The maximum atomic E-state index is 4.42. The van der Waals surface area contributed by atoms with Crippen molar-refractivity contribution in [2.45, 2.75) is 27.7 Å². The maximum Gasteiger partial charge on any atom is 0.0606 e. The lowest BCUT2D eigenvalue weighted by atomic mass is 9.96. The van der Waals surface area contributed by atoms with Gasteiger partial charge in [0.1, 0.15) is 0 Å². The van der Waals surface area contributed by atoms with Crippen LogP contribution in [-0.2, 0) is 0 Å². The number of nitrogens with zero attached hydrogens (tertiary/aromatic N) is 2. The fraction of sp³-hybridized carbons (Fsp3) is 0.161. The molecule has 3 aromatic rings. The molecule has 0 aliphatic rings. The predicted molar refractivity (Wildman–Crippen MR) is 154 cm³/mol. The van der Waals surface area contributed by atoms with Crippen LogP contribution in [0.4, 0.5) is 11.4 Å². The molecule has 4 nitrogen and oxygen atoms in total. The summed E-state index contributed by atoms with van der Waals surface area (Å²) in [5.41, 5.74) is 9.67. The van der Waals surface area contributed by atoms with Gasteiger partial charge in [-0.3, -0.25) is 9.97 Å². The minimum absolute atomic E-state index is 0.709. The predicted octanol–water partition coefficient (Wildman–Crippen LogP) is 8.30. The molecule has 0 atom stereocenters. The van der Waals surface area contributed by atoms with E-state index in [1.807, 2.05) is 64.5 Å². The molecule has 0 saturated carbocycles. The van der Waals surface area contributed by atoms with E-state index in [1.54, 1.807) is 18.5 Å². The summed E-state index contributed by atoms with van der Waals surface area (Å²) >= 11 is 0. The molecular formula is C31H36N4. The monoisotopic (exact) mass is 464 g/mol. The molecule has 0 bridgehead atoms. The van der Waals surface area contributed by atoms with Crippen LogP contribution in [0.3, 0.4) is 0 Å². The second-order valence-electron chi connectivity index (χ2n) is 7.53. The summed E-state index contributed by atoms with van der Waals surface area (Å²) in [5.74, 6) is 0. The molecule has 0 radical (unpaired) electrons. The molecule has 0 amide bonds. The summed E-state index contributed by atoms with van der Waals surface area (Å²) in [6.07, 6.45) is 15.1. The van der Waals surface area contributed by atoms with E-state index >= 15 is 0 Å². The van der Waals surface area contributed by atoms with Crippen LogP contribution in [0.5, 0.6) is 0 Å². The molecule has 2 N–H and O–H groups in total. The highest BCUT2D eigenvalue weighted by Gasteiger charge is 2.13. The van der Waals surface area contributed by atoms with Gasteiger partial charge >= 0.3 is 0 Å². The normalized spacial score (nSPS) is 10.8. The van der Waals surface area contributed by atoms with E-state index in [4.69, 9.17) is 0 Å². The number of aromatic nitrogens is 2. The van der Waals surface area contributed by atoms with Crippen molar-refractivity contribution in [1.82, 2.24) is 9.97 Å². The fourth-order valence-electron chi connectivity index (χ4n) is 3.59. The zero-order valence-corrected chi connectivity index (χ0v) is 21.5. The number of benzene rings is 1. The first-order valence-corrected chi connectivity index (χ1v) is 11.8. The largest absolute Gasteiger partial charge is 0.388 e.